The van der Waals surface area contributed by atoms with Gasteiger partial charge in [0.25, 0.3) is 0 Å². The average Bonchev–Trinajstić information content (AvgIpc) is 2.78. The number of rotatable bonds is 3. The Hall–Kier alpha value is -1.35. The van der Waals surface area contributed by atoms with Crippen LogP contribution < -0.4 is 0 Å². The number of carbonyl (C=O) groups is 1. The lowest BCUT2D eigenvalue weighted by Crippen LogP contribution is -2.38. The molecule has 2 rings (SSSR count). The van der Waals surface area contributed by atoms with Gasteiger partial charge in [0.05, 0.1) is 19.1 Å². The van der Waals surface area contributed by atoms with Crippen molar-refractivity contribution in [3.63, 3.8) is 0 Å². The van der Waals surface area contributed by atoms with E-state index >= 15 is 0 Å². The topological polar surface area (TPSA) is 40.5 Å². The average molecular weight is 219 g/mol. The van der Waals surface area contributed by atoms with Crippen molar-refractivity contribution in [2.75, 3.05) is 13.2 Å². The highest BCUT2D eigenvalue weighted by molar-refractivity contribution is 5.79. The number of hydrogen-bond donors (Lipinski definition) is 1. The van der Waals surface area contributed by atoms with Crippen molar-refractivity contribution < 1.29 is 9.90 Å². The number of aliphatic hydroxyl groups excluding tert-OH is 1. The van der Waals surface area contributed by atoms with Crippen LogP contribution in [0.25, 0.3) is 0 Å². The van der Waals surface area contributed by atoms with Crippen LogP contribution in [0.5, 0.6) is 0 Å². The van der Waals surface area contributed by atoms with Crippen LogP contribution in [0.3, 0.4) is 0 Å². The van der Waals surface area contributed by atoms with Crippen molar-refractivity contribution in [3.05, 3.63) is 35.9 Å². The lowest BCUT2D eigenvalue weighted by Gasteiger charge is -2.23. The molecule has 0 radical (unpaired) electrons. The zero-order chi connectivity index (χ0) is 11.4. The van der Waals surface area contributed by atoms with Gasteiger partial charge in [0.1, 0.15) is 0 Å². The van der Waals surface area contributed by atoms with E-state index in [0.717, 1.165) is 24.9 Å². The second-order valence-electron chi connectivity index (χ2n) is 4.23. The summed E-state index contributed by atoms with van der Waals surface area (Å²) in [5, 5.41) is 9.16. The molecule has 3 heteroatoms. The Morgan fingerprint density at radius 3 is 2.81 bits per heavy atom. The number of likely N-dealkylation sites (tertiary alicyclic amines) is 1. The molecule has 86 valence electrons. The fourth-order valence-electron chi connectivity index (χ4n) is 2.23. The summed E-state index contributed by atoms with van der Waals surface area (Å²) in [6.07, 6.45) is 2.38. The molecule has 1 aromatic rings. The highest BCUT2D eigenvalue weighted by Gasteiger charge is 2.27. The number of aliphatic hydroxyl groups is 1. The summed E-state index contributed by atoms with van der Waals surface area (Å²) in [5.74, 6) is 0.128. The Labute approximate surface area is 95.7 Å². The van der Waals surface area contributed by atoms with Crippen LogP contribution in [-0.4, -0.2) is 35.1 Å². The zero-order valence-corrected chi connectivity index (χ0v) is 9.30. The van der Waals surface area contributed by atoms with E-state index in [2.05, 4.69) is 0 Å². The highest BCUT2D eigenvalue weighted by atomic mass is 16.3. The Morgan fingerprint density at radius 2 is 2.12 bits per heavy atom. The fourth-order valence-corrected chi connectivity index (χ4v) is 2.23. The van der Waals surface area contributed by atoms with Gasteiger partial charge in [-0.2, -0.15) is 0 Å². The van der Waals surface area contributed by atoms with E-state index in [9.17, 15) is 4.79 Å². The Balaban J connectivity index is 1.98. The molecule has 1 saturated heterocycles. The van der Waals surface area contributed by atoms with Crippen molar-refractivity contribution in [2.45, 2.75) is 25.3 Å². The third-order valence-electron chi connectivity index (χ3n) is 3.11. The molecule has 0 unspecified atom stereocenters. The normalized spacial score (nSPS) is 20.1. The van der Waals surface area contributed by atoms with Crippen molar-refractivity contribution in [1.82, 2.24) is 4.90 Å². The van der Waals surface area contributed by atoms with Gasteiger partial charge in [-0.1, -0.05) is 30.3 Å². The van der Waals surface area contributed by atoms with Gasteiger partial charge in [-0.05, 0) is 18.4 Å². The summed E-state index contributed by atoms with van der Waals surface area (Å²) in [7, 11) is 0. The first kappa shape index (κ1) is 11.1. The van der Waals surface area contributed by atoms with Crippen LogP contribution in [0.4, 0.5) is 0 Å². The standard InChI is InChI=1S/C13H17NO2/c15-10-12-7-4-8-14(12)13(16)9-11-5-2-1-3-6-11/h1-3,5-6,12,15H,4,7-10H2/t12-/m0/s1. The molecule has 0 saturated carbocycles. The van der Waals surface area contributed by atoms with Crippen LogP contribution >= 0.6 is 0 Å². The molecule has 0 aromatic heterocycles. The maximum Gasteiger partial charge on any atom is 0.227 e. The van der Waals surface area contributed by atoms with E-state index in [4.69, 9.17) is 5.11 Å². The molecule has 0 aliphatic carbocycles. The molecule has 1 N–H and O–H groups in total. The van der Waals surface area contributed by atoms with Gasteiger partial charge in [0.15, 0.2) is 0 Å². The predicted molar refractivity (Wildman–Crippen MR) is 62.0 cm³/mol. The molecule has 0 spiro atoms. The first-order valence-electron chi connectivity index (χ1n) is 5.75. The minimum atomic E-state index is 0.0382. The maximum absolute atomic E-state index is 12.0. The highest BCUT2D eigenvalue weighted by Crippen LogP contribution is 2.18. The van der Waals surface area contributed by atoms with E-state index in [1.54, 1.807) is 0 Å². The molecule has 1 aliphatic heterocycles. The number of carbonyl (C=O) groups excluding carboxylic acids is 1. The summed E-state index contributed by atoms with van der Waals surface area (Å²) in [6.45, 7) is 0.872. The summed E-state index contributed by atoms with van der Waals surface area (Å²) in [6, 6.07) is 9.78. The molecule has 1 aliphatic rings. The minimum absolute atomic E-state index is 0.0382. The number of benzene rings is 1. The Bertz CT molecular complexity index is 350. The van der Waals surface area contributed by atoms with Crippen LogP contribution in [-0.2, 0) is 11.2 Å². The minimum Gasteiger partial charge on any atom is -0.394 e. The molecule has 1 fully saturated rings. The van der Waals surface area contributed by atoms with E-state index in [0.29, 0.717) is 6.42 Å². The molecule has 1 amide bonds. The van der Waals surface area contributed by atoms with Gasteiger partial charge in [0.2, 0.25) is 5.91 Å². The van der Waals surface area contributed by atoms with Crippen molar-refractivity contribution >= 4 is 5.91 Å². The summed E-state index contributed by atoms with van der Waals surface area (Å²) < 4.78 is 0. The van der Waals surface area contributed by atoms with Crippen molar-refractivity contribution in [2.24, 2.45) is 0 Å². The van der Waals surface area contributed by atoms with Crippen LogP contribution in [0.1, 0.15) is 18.4 Å². The maximum atomic E-state index is 12.0. The summed E-state index contributed by atoms with van der Waals surface area (Å²) in [4.78, 5) is 13.8. The lowest BCUT2D eigenvalue weighted by molar-refractivity contribution is -0.131. The second-order valence-corrected chi connectivity index (χ2v) is 4.23. The van der Waals surface area contributed by atoms with Gasteiger partial charge in [0, 0.05) is 6.54 Å². The predicted octanol–water partition coefficient (Wildman–Crippen LogP) is 1.21. The van der Waals surface area contributed by atoms with Crippen molar-refractivity contribution in [3.8, 4) is 0 Å². The van der Waals surface area contributed by atoms with Gasteiger partial charge in [-0.15, -0.1) is 0 Å². The monoisotopic (exact) mass is 219 g/mol. The fraction of sp³-hybridized carbons (Fsp3) is 0.462. The Kier molecular flexibility index (Phi) is 3.57. The number of hydrogen-bond acceptors (Lipinski definition) is 2. The summed E-state index contributed by atoms with van der Waals surface area (Å²) in [5.41, 5.74) is 1.04. The molecule has 0 bridgehead atoms. The number of nitrogens with zero attached hydrogens (tertiary/aromatic N) is 1. The molecule has 1 heterocycles. The summed E-state index contributed by atoms with van der Waals surface area (Å²) >= 11 is 0. The molecule has 1 aromatic carbocycles. The van der Waals surface area contributed by atoms with Crippen LogP contribution in [0, 0.1) is 0 Å². The van der Waals surface area contributed by atoms with Crippen LogP contribution in [0.15, 0.2) is 30.3 Å². The smallest absolute Gasteiger partial charge is 0.227 e. The van der Waals surface area contributed by atoms with Gasteiger partial charge < -0.3 is 10.0 Å². The third-order valence-corrected chi connectivity index (χ3v) is 3.11. The molecule has 16 heavy (non-hydrogen) atoms. The second kappa shape index (κ2) is 5.12. The first-order valence-corrected chi connectivity index (χ1v) is 5.75. The largest absolute Gasteiger partial charge is 0.394 e. The number of amides is 1. The molecular weight excluding hydrogens is 202 g/mol. The first-order chi connectivity index (χ1) is 7.81. The van der Waals surface area contributed by atoms with E-state index in [1.165, 1.54) is 0 Å². The quantitative estimate of drug-likeness (QED) is 0.830. The zero-order valence-electron chi connectivity index (χ0n) is 9.30. The molecule has 3 nitrogen and oxygen atoms in total. The SMILES string of the molecule is O=C(Cc1ccccc1)N1CCC[C@H]1CO. The van der Waals surface area contributed by atoms with Crippen LogP contribution in [0.2, 0.25) is 0 Å². The van der Waals surface area contributed by atoms with E-state index < -0.39 is 0 Å². The van der Waals surface area contributed by atoms with Crippen molar-refractivity contribution in [1.29, 1.82) is 0 Å². The third kappa shape index (κ3) is 2.42. The van der Waals surface area contributed by atoms with Gasteiger partial charge >= 0.3 is 0 Å². The molecule has 1 atom stereocenters. The van der Waals surface area contributed by atoms with Gasteiger partial charge in [-0.25, -0.2) is 0 Å². The molecular formula is C13H17NO2. The van der Waals surface area contributed by atoms with E-state index in [-0.39, 0.29) is 18.6 Å². The Morgan fingerprint density at radius 1 is 1.38 bits per heavy atom. The lowest BCUT2D eigenvalue weighted by atomic mass is 10.1. The van der Waals surface area contributed by atoms with Gasteiger partial charge in [-0.3, -0.25) is 4.79 Å². The van der Waals surface area contributed by atoms with E-state index in [1.807, 2.05) is 35.2 Å².